The molecule has 0 rings (SSSR count). The fourth-order valence-corrected chi connectivity index (χ4v) is 1.63. The Morgan fingerprint density at radius 3 is 2.65 bits per heavy atom. The van der Waals surface area contributed by atoms with Gasteiger partial charge in [-0.15, -0.1) is 0 Å². The number of aliphatic hydroxyl groups is 1. The van der Waals surface area contributed by atoms with E-state index in [2.05, 4.69) is 31.3 Å². The molecular weight excluding hydrogens is 214 g/mol. The van der Waals surface area contributed by atoms with Crippen molar-refractivity contribution in [3.8, 4) is 0 Å². The summed E-state index contributed by atoms with van der Waals surface area (Å²) in [5, 5.41) is 12.1. The number of methoxy groups -OCH3 is 1. The van der Waals surface area contributed by atoms with E-state index >= 15 is 0 Å². The van der Waals surface area contributed by atoms with E-state index in [1.54, 1.807) is 14.0 Å². The molecule has 0 fully saturated rings. The summed E-state index contributed by atoms with van der Waals surface area (Å²) in [6.45, 7) is 7.58. The second kappa shape index (κ2) is 10.5. The zero-order valence-corrected chi connectivity index (χ0v) is 11.6. The topological polar surface area (TPSA) is 41.5 Å². The molecule has 17 heavy (non-hydrogen) atoms. The lowest BCUT2D eigenvalue weighted by molar-refractivity contribution is 0.155. The Bertz CT molecular complexity index is 234. The Labute approximate surface area is 106 Å². The summed E-state index contributed by atoms with van der Waals surface area (Å²) in [5.41, 5.74) is 1.34. The lowest BCUT2D eigenvalue weighted by Crippen LogP contribution is -2.27. The van der Waals surface area contributed by atoms with E-state index in [1.165, 1.54) is 5.57 Å². The van der Waals surface area contributed by atoms with Gasteiger partial charge in [0.2, 0.25) is 0 Å². The third-order valence-corrected chi connectivity index (χ3v) is 2.60. The van der Waals surface area contributed by atoms with Crippen LogP contribution in [-0.2, 0) is 4.74 Å². The fraction of sp³-hybridized carbons (Fsp3) is 0.714. The number of nitrogens with one attached hydrogen (secondary N) is 1. The minimum atomic E-state index is -0.426. The smallest absolute Gasteiger partial charge is 0.102 e. The normalized spacial score (nSPS) is 16.4. The maximum absolute atomic E-state index is 9.12. The average molecular weight is 241 g/mol. The molecule has 0 radical (unpaired) electrons. The van der Waals surface area contributed by atoms with Crippen LogP contribution in [0.15, 0.2) is 23.8 Å². The highest BCUT2D eigenvalue weighted by Crippen LogP contribution is 2.16. The summed E-state index contributed by atoms with van der Waals surface area (Å²) in [7, 11) is 1.70. The monoisotopic (exact) mass is 241 g/mol. The number of ether oxygens (including phenoxy) is 1. The van der Waals surface area contributed by atoms with Gasteiger partial charge in [-0.2, -0.15) is 0 Å². The van der Waals surface area contributed by atoms with Crippen LogP contribution in [0.1, 0.15) is 33.6 Å². The number of hydrogen-bond donors (Lipinski definition) is 2. The second-order valence-corrected chi connectivity index (χ2v) is 4.29. The molecule has 0 saturated heterocycles. The van der Waals surface area contributed by atoms with Crippen molar-refractivity contribution in [1.29, 1.82) is 0 Å². The first-order valence-electron chi connectivity index (χ1n) is 6.38. The van der Waals surface area contributed by atoms with E-state index in [0.29, 0.717) is 12.5 Å². The third kappa shape index (κ3) is 9.10. The molecule has 3 heteroatoms. The van der Waals surface area contributed by atoms with Crippen LogP contribution in [0, 0.1) is 5.92 Å². The van der Waals surface area contributed by atoms with Gasteiger partial charge in [-0.3, -0.25) is 5.32 Å². The molecule has 2 N–H and O–H groups in total. The van der Waals surface area contributed by atoms with Crippen molar-refractivity contribution in [3.63, 3.8) is 0 Å². The highest BCUT2D eigenvalue weighted by molar-refractivity contribution is 5.21. The van der Waals surface area contributed by atoms with Crippen LogP contribution in [0.4, 0.5) is 0 Å². The number of hydrogen-bond acceptors (Lipinski definition) is 3. The Morgan fingerprint density at radius 2 is 2.12 bits per heavy atom. The number of allylic oxidation sites excluding steroid dienone is 3. The quantitative estimate of drug-likeness (QED) is 0.481. The van der Waals surface area contributed by atoms with Gasteiger partial charge >= 0.3 is 0 Å². The zero-order chi connectivity index (χ0) is 13.1. The first kappa shape index (κ1) is 16.4. The molecule has 2 atom stereocenters. The first-order valence-corrected chi connectivity index (χ1v) is 6.38. The van der Waals surface area contributed by atoms with E-state index in [9.17, 15) is 0 Å². The Morgan fingerprint density at radius 1 is 1.41 bits per heavy atom. The summed E-state index contributed by atoms with van der Waals surface area (Å²) >= 11 is 0. The van der Waals surface area contributed by atoms with Crippen LogP contribution in [-0.4, -0.2) is 31.6 Å². The van der Waals surface area contributed by atoms with Gasteiger partial charge in [0.15, 0.2) is 0 Å². The fourth-order valence-electron chi connectivity index (χ4n) is 1.63. The van der Waals surface area contributed by atoms with Crippen LogP contribution >= 0.6 is 0 Å². The minimum absolute atomic E-state index is 0.426. The molecule has 0 amide bonds. The lowest BCUT2D eigenvalue weighted by Gasteiger charge is -2.14. The molecular formula is C14H27NO2. The Kier molecular flexibility index (Phi) is 10.1. The molecule has 0 aromatic carbocycles. The van der Waals surface area contributed by atoms with Gasteiger partial charge < -0.3 is 9.84 Å². The molecule has 0 aliphatic heterocycles. The molecule has 100 valence electrons. The zero-order valence-electron chi connectivity index (χ0n) is 11.6. The van der Waals surface area contributed by atoms with E-state index < -0.39 is 6.23 Å². The van der Waals surface area contributed by atoms with Crippen molar-refractivity contribution in [1.82, 2.24) is 5.32 Å². The molecule has 0 saturated carbocycles. The third-order valence-electron chi connectivity index (χ3n) is 2.60. The SMILES string of the molecule is CC/C=C(\C=C/COC)[C@H](C)CCNC(C)O. The van der Waals surface area contributed by atoms with Crippen LogP contribution < -0.4 is 5.32 Å². The summed E-state index contributed by atoms with van der Waals surface area (Å²) < 4.78 is 5.00. The Hall–Kier alpha value is -0.640. The minimum Gasteiger partial charge on any atom is -0.381 e. The van der Waals surface area contributed by atoms with Crippen LogP contribution in [0.5, 0.6) is 0 Å². The van der Waals surface area contributed by atoms with Gasteiger partial charge in [-0.05, 0) is 37.8 Å². The van der Waals surface area contributed by atoms with E-state index in [4.69, 9.17) is 9.84 Å². The summed E-state index contributed by atoms with van der Waals surface area (Å²) in [4.78, 5) is 0. The molecule has 0 aliphatic carbocycles. The van der Waals surface area contributed by atoms with Gasteiger partial charge in [-0.25, -0.2) is 0 Å². The van der Waals surface area contributed by atoms with Crippen molar-refractivity contribution in [2.75, 3.05) is 20.3 Å². The highest BCUT2D eigenvalue weighted by Gasteiger charge is 2.06. The molecule has 1 unspecified atom stereocenters. The van der Waals surface area contributed by atoms with Crippen molar-refractivity contribution >= 4 is 0 Å². The van der Waals surface area contributed by atoms with Gasteiger partial charge in [-0.1, -0.05) is 32.1 Å². The molecule has 0 bridgehead atoms. The molecule has 3 nitrogen and oxygen atoms in total. The lowest BCUT2D eigenvalue weighted by atomic mass is 9.96. The van der Waals surface area contributed by atoms with Crippen molar-refractivity contribution in [3.05, 3.63) is 23.8 Å². The molecule has 0 heterocycles. The van der Waals surface area contributed by atoms with Crippen molar-refractivity contribution in [2.45, 2.75) is 39.8 Å². The molecule has 0 aromatic rings. The Balaban J connectivity index is 4.15. The first-order chi connectivity index (χ1) is 8.11. The molecule has 0 aromatic heterocycles. The van der Waals surface area contributed by atoms with Gasteiger partial charge in [0.25, 0.3) is 0 Å². The number of aliphatic hydroxyl groups excluding tert-OH is 1. The maximum atomic E-state index is 9.12. The number of rotatable bonds is 9. The van der Waals surface area contributed by atoms with E-state index in [0.717, 1.165) is 19.4 Å². The van der Waals surface area contributed by atoms with Crippen molar-refractivity contribution in [2.24, 2.45) is 5.92 Å². The van der Waals surface area contributed by atoms with E-state index in [-0.39, 0.29) is 0 Å². The van der Waals surface area contributed by atoms with Crippen LogP contribution in [0.3, 0.4) is 0 Å². The molecule has 0 aliphatic rings. The van der Waals surface area contributed by atoms with E-state index in [1.807, 2.05) is 6.08 Å². The van der Waals surface area contributed by atoms with Gasteiger partial charge in [0, 0.05) is 7.11 Å². The summed E-state index contributed by atoms with van der Waals surface area (Å²) in [6.07, 6.45) is 8.07. The van der Waals surface area contributed by atoms with Crippen LogP contribution in [0.25, 0.3) is 0 Å². The van der Waals surface area contributed by atoms with Crippen molar-refractivity contribution < 1.29 is 9.84 Å². The predicted octanol–water partition coefficient (Wildman–Crippen LogP) is 2.48. The predicted molar refractivity (Wildman–Crippen MR) is 72.9 cm³/mol. The summed E-state index contributed by atoms with van der Waals surface area (Å²) in [5.74, 6) is 0.495. The summed E-state index contributed by atoms with van der Waals surface area (Å²) in [6, 6.07) is 0. The standard InChI is InChI=1S/C14H27NO2/c1-5-7-14(8-6-11-17-4)12(2)9-10-15-13(3)16/h6-8,12-13,15-16H,5,9-11H2,1-4H3/b8-6-,14-7+/t12-,13?/m1/s1. The largest absolute Gasteiger partial charge is 0.381 e. The molecule has 0 spiro atoms. The maximum Gasteiger partial charge on any atom is 0.102 e. The van der Waals surface area contributed by atoms with Gasteiger partial charge in [0.05, 0.1) is 6.61 Å². The average Bonchev–Trinajstić information content (AvgIpc) is 2.27. The van der Waals surface area contributed by atoms with Gasteiger partial charge in [0.1, 0.15) is 6.23 Å². The van der Waals surface area contributed by atoms with Crippen LogP contribution in [0.2, 0.25) is 0 Å². The second-order valence-electron chi connectivity index (χ2n) is 4.29. The highest BCUT2D eigenvalue weighted by atomic mass is 16.5.